The normalized spacial score (nSPS) is 13.7. The van der Waals surface area contributed by atoms with Gasteiger partial charge in [-0.1, -0.05) is 18.6 Å². The number of para-hydroxylation sites is 1. The summed E-state index contributed by atoms with van der Waals surface area (Å²) in [4.78, 5) is 16.6. The highest BCUT2D eigenvalue weighted by Crippen LogP contribution is 2.44. The molecule has 0 atom stereocenters. The number of nitrogens with one attached hydrogen (secondary N) is 3. The van der Waals surface area contributed by atoms with E-state index in [-0.39, 0.29) is 5.91 Å². The molecule has 1 heterocycles. The van der Waals surface area contributed by atoms with Gasteiger partial charge in [-0.2, -0.15) is 0 Å². The van der Waals surface area contributed by atoms with Crippen molar-refractivity contribution in [1.29, 1.82) is 0 Å². The molecule has 1 fully saturated rings. The number of carbonyl (C=O) groups excluding carboxylic acids is 1. The van der Waals surface area contributed by atoms with Crippen molar-refractivity contribution in [3.05, 3.63) is 41.1 Å². The van der Waals surface area contributed by atoms with Crippen molar-refractivity contribution in [1.82, 2.24) is 10.3 Å². The number of anilines is 3. The monoisotopic (exact) mass is 404 g/mol. The summed E-state index contributed by atoms with van der Waals surface area (Å²) in [7, 11) is 3.13. The van der Waals surface area contributed by atoms with Crippen LogP contribution in [-0.2, 0) is 0 Å². The predicted molar refractivity (Wildman–Crippen MR) is 110 cm³/mol. The summed E-state index contributed by atoms with van der Waals surface area (Å²) in [6, 6.07) is 5.86. The molecule has 3 rings (SSSR count). The van der Waals surface area contributed by atoms with Crippen molar-refractivity contribution in [3.63, 3.8) is 0 Å². The Morgan fingerprint density at radius 3 is 2.66 bits per heavy atom. The summed E-state index contributed by atoms with van der Waals surface area (Å²) in [5.74, 6) is 1.08. The number of hydrogen-bond acceptors (Lipinski definition) is 5. The van der Waals surface area contributed by atoms with Crippen molar-refractivity contribution in [2.45, 2.75) is 38.5 Å². The van der Waals surface area contributed by atoms with Crippen LogP contribution in [0.3, 0.4) is 0 Å². The number of hydrogen-bond donors (Lipinski definition) is 3. The number of amides is 1. The highest BCUT2D eigenvalue weighted by molar-refractivity contribution is 6.01. The Labute approximate surface area is 169 Å². The molecule has 1 aromatic carbocycles. The van der Waals surface area contributed by atoms with Crippen LogP contribution in [0.15, 0.2) is 24.4 Å². The molecule has 0 bridgehead atoms. The van der Waals surface area contributed by atoms with Gasteiger partial charge in [0.2, 0.25) is 0 Å². The third-order valence-corrected chi connectivity index (χ3v) is 5.29. The highest BCUT2D eigenvalue weighted by Gasteiger charge is 2.26. The van der Waals surface area contributed by atoms with Crippen LogP contribution in [0.4, 0.5) is 26.0 Å². The SMILES string of the molecule is CNC(=O)c1cnc(NCC(F)F)c(C)c1Nc1c(OC)cccc1C1CCC1. The molecule has 1 aromatic heterocycles. The highest BCUT2D eigenvalue weighted by atomic mass is 19.3. The maximum Gasteiger partial charge on any atom is 0.255 e. The largest absolute Gasteiger partial charge is 0.495 e. The Balaban J connectivity index is 2.07. The second kappa shape index (κ2) is 9.07. The fourth-order valence-corrected chi connectivity index (χ4v) is 3.47. The van der Waals surface area contributed by atoms with Gasteiger partial charge in [-0.05, 0) is 37.3 Å². The molecule has 1 aliphatic carbocycles. The van der Waals surface area contributed by atoms with Gasteiger partial charge < -0.3 is 20.7 Å². The van der Waals surface area contributed by atoms with Crippen LogP contribution in [0, 0.1) is 6.92 Å². The smallest absolute Gasteiger partial charge is 0.255 e. The van der Waals surface area contributed by atoms with E-state index < -0.39 is 13.0 Å². The standard InChI is InChI=1S/C21H26F2N4O2/c1-12-18(15(21(28)24-2)10-25-20(12)26-11-17(22)23)27-19-14(13-6-4-7-13)8-5-9-16(19)29-3/h5,8-10,13,17H,4,6-7,11H2,1-3H3,(H,24,28)(H2,25,26,27). The number of halogens is 2. The Bertz CT molecular complexity index is 885. The molecular formula is C21H26F2N4O2. The lowest BCUT2D eigenvalue weighted by molar-refractivity contribution is 0.0963. The maximum absolute atomic E-state index is 12.7. The van der Waals surface area contributed by atoms with E-state index in [1.54, 1.807) is 14.0 Å². The van der Waals surface area contributed by atoms with Crippen LogP contribution in [0.1, 0.15) is 46.7 Å². The van der Waals surface area contributed by atoms with E-state index in [1.807, 2.05) is 12.1 Å². The van der Waals surface area contributed by atoms with E-state index in [9.17, 15) is 13.6 Å². The number of carbonyl (C=O) groups is 1. The quantitative estimate of drug-likeness (QED) is 0.606. The molecule has 3 N–H and O–H groups in total. The number of alkyl halides is 2. The van der Waals surface area contributed by atoms with Crippen LogP contribution in [0.2, 0.25) is 0 Å². The molecule has 1 saturated carbocycles. The zero-order chi connectivity index (χ0) is 21.0. The summed E-state index contributed by atoms with van der Waals surface area (Å²) in [5.41, 5.74) is 3.34. The van der Waals surface area contributed by atoms with Gasteiger partial charge in [0.15, 0.2) is 0 Å². The summed E-state index contributed by atoms with van der Waals surface area (Å²) in [6.45, 7) is 1.22. The molecule has 1 amide bonds. The lowest BCUT2D eigenvalue weighted by Crippen LogP contribution is -2.21. The van der Waals surface area contributed by atoms with Gasteiger partial charge in [-0.3, -0.25) is 4.79 Å². The number of rotatable bonds is 8. The first-order chi connectivity index (χ1) is 14.0. The van der Waals surface area contributed by atoms with Gasteiger partial charge in [-0.25, -0.2) is 13.8 Å². The molecule has 0 spiro atoms. The minimum Gasteiger partial charge on any atom is -0.495 e. The number of pyridine rings is 1. The molecule has 29 heavy (non-hydrogen) atoms. The van der Waals surface area contributed by atoms with Crippen LogP contribution < -0.4 is 20.7 Å². The van der Waals surface area contributed by atoms with Gasteiger partial charge in [0.1, 0.15) is 11.6 Å². The Morgan fingerprint density at radius 2 is 2.07 bits per heavy atom. The van der Waals surface area contributed by atoms with Crippen molar-refractivity contribution in [2.24, 2.45) is 0 Å². The van der Waals surface area contributed by atoms with Gasteiger partial charge in [-0.15, -0.1) is 0 Å². The fraction of sp³-hybridized carbons (Fsp3) is 0.429. The van der Waals surface area contributed by atoms with Crippen LogP contribution in [0.25, 0.3) is 0 Å². The van der Waals surface area contributed by atoms with Gasteiger partial charge >= 0.3 is 0 Å². The molecule has 0 unspecified atom stereocenters. The number of ether oxygens (including phenoxy) is 1. The molecule has 1 aliphatic rings. The van der Waals surface area contributed by atoms with Crippen molar-refractivity contribution in [2.75, 3.05) is 31.3 Å². The Hall–Kier alpha value is -2.90. The second-order valence-electron chi connectivity index (χ2n) is 7.05. The zero-order valence-electron chi connectivity index (χ0n) is 16.8. The molecule has 8 heteroatoms. The molecule has 0 radical (unpaired) electrons. The van der Waals surface area contributed by atoms with Crippen molar-refractivity contribution in [3.8, 4) is 5.75 Å². The lowest BCUT2D eigenvalue weighted by Gasteiger charge is -2.29. The fourth-order valence-electron chi connectivity index (χ4n) is 3.47. The van der Waals surface area contributed by atoms with E-state index >= 15 is 0 Å². The van der Waals surface area contributed by atoms with Crippen molar-refractivity contribution < 1.29 is 18.3 Å². The van der Waals surface area contributed by atoms with Crippen LogP contribution >= 0.6 is 0 Å². The molecule has 156 valence electrons. The van der Waals surface area contributed by atoms with Crippen molar-refractivity contribution >= 4 is 23.1 Å². The lowest BCUT2D eigenvalue weighted by atomic mass is 9.79. The molecular weight excluding hydrogens is 378 g/mol. The average molecular weight is 404 g/mol. The number of methoxy groups -OCH3 is 1. The zero-order valence-corrected chi connectivity index (χ0v) is 16.8. The predicted octanol–water partition coefficient (Wildman–Crippen LogP) is 4.45. The molecule has 6 nitrogen and oxygen atoms in total. The Morgan fingerprint density at radius 1 is 1.31 bits per heavy atom. The van der Waals surface area contributed by atoms with Gasteiger partial charge in [0.05, 0.1) is 30.6 Å². The van der Waals surface area contributed by atoms with E-state index in [0.29, 0.717) is 34.3 Å². The molecule has 2 aromatic rings. The van der Waals surface area contributed by atoms with E-state index in [4.69, 9.17) is 4.74 Å². The summed E-state index contributed by atoms with van der Waals surface area (Å²) in [6.07, 6.45) is 2.26. The third-order valence-electron chi connectivity index (χ3n) is 5.29. The number of benzene rings is 1. The summed E-state index contributed by atoms with van der Waals surface area (Å²) >= 11 is 0. The summed E-state index contributed by atoms with van der Waals surface area (Å²) in [5, 5.41) is 8.62. The second-order valence-corrected chi connectivity index (χ2v) is 7.05. The third kappa shape index (κ3) is 4.41. The van der Waals surface area contributed by atoms with E-state index in [0.717, 1.165) is 24.1 Å². The molecule has 0 aliphatic heterocycles. The van der Waals surface area contributed by atoms with E-state index in [1.165, 1.54) is 19.7 Å². The number of aromatic nitrogens is 1. The first kappa shape index (κ1) is 20.8. The minimum absolute atomic E-state index is 0.306. The average Bonchev–Trinajstić information content (AvgIpc) is 2.67. The first-order valence-corrected chi connectivity index (χ1v) is 9.63. The topological polar surface area (TPSA) is 75.3 Å². The summed E-state index contributed by atoms with van der Waals surface area (Å²) < 4.78 is 30.9. The molecule has 0 saturated heterocycles. The van der Waals surface area contributed by atoms with Crippen LogP contribution in [0.5, 0.6) is 5.75 Å². The van der Waals surface area contributed by atoms with E-state index in [2.05, 4.69) is 27.0 Å². The van der Waals surface area contributed by atoms with Gasteiger partial charge in [0, 0.05) is 18.8 Å². The Kier molecular flexibility index (Phi) is 6.51. The van der Waals surface area contributed by atoms with Crippen LogP contribution in [-0.4, -0.2) is 38.0 Å². The maximum atomic E-state index is 12.7. The minimum atomic E-state index is -2.51. The number of nitrogens with zero attached hydrogens (tertiary/aromatic N) is 1. The van der Waals surface area contributed by atoms with Gasteiger partial charge in [0.25, 0.3) is 12.3 Å². The first-order valence-electron chi connectivity index (χ1n) is 9.63.